The minimum absolute atomic E-state index is 0.00873. The monoisotopic (exact) mass is 332 g/mol. The minimum atomic E-state index is -0.380. The van der Waals surface area contributed by atoms with Crippen LogP contribution >= 0.6 is 15.9 Å². The van der Waals surface area contributed by atoms with Crippen LogP contribution < -0.4 is 0 Å². The van der Waals surface area contributed by atoms with Crippen LogP contribution in [-0.2, 0) is 6.42 Å². The zero-order valence-electron chi connectivity index (χ0n) is 10.4. The van der Waals surface area contributed by atoms with Gasteiger partial charge in [0.2, 0.25) is 0 Å². The summed E-state index contributed by atoms with van der Waals surface area (Å²) in [5, 5.41) is 0.757. The third-order valence-electron chi connectivity index (χ3n) is 3.14. The van der Waals surface area contributed by atoms with E-state index in [2.05, 4.69) is 15.9 Å². The Morgan fingerprint density at radius 3 is 2.85 bits per heavy atom. The lowest BCUT2D eigenvalue weighted by Gasteiger charge is -2.02. The van der Waals surface area contributed by atoms with Gasteiger partial charge in [-0.15, -0.1) is 0 Å². The first-order valence-corrected chi connectivity index (χ1v) is 6.88. The van der Waals surface area contributed by atoms with Crippen molar-refractivity contribution in [3.05, 3.63) is 70.1 Å². The van der Waals surface area contributed by atoms with Crippen LogP contribution in [0.5, 0.6) is 0 Å². The first-order valence-electron chi connectivity index (χ1n) is 6.08. The second-order valence-electron chi connectivity index (χ2n) is 4.48. The quantitative estimate of drug-likeness (QED) is 0.647. The summed E-state index contributed by atoms with van der Waals surface area (Å²) in [5.41, 5.74) is 1.51. The lowest BCUT2D eigenvalue weighted by Crippen LogP contribution is -2.04. The molecule has 1 heterocycles. The summed E-state index contributed by atoms with van der Waals surface area (Å²) in [5.74, 6) is -0.540. The molecule has 0 bridgehead atoms. The van der Waals surface area contributed by atoms with Gasteiger partial charge in [-0.2, -0.15) is 0 Å². The summed E-state index contributed by atoms with van der Waals surface area (Å²) < 4.78 is 19.8. The molecule has 0 atom stereocenters. The van der Waals surface area contributed by atoms with E-state index in [1.54, 1.807) is 18.2 Å². The topological polar surface area (TPSA) is 30.2 Å². The SMILES string of the molecule is O=C(Cc1cc(Br)ccc1F)c1coc2ccccc12. The molecule has 0 aliphatic carbocycles. The van der Waals surface area contributed by atoms with E-state index in [9.17, 15) is 9.18 Å². The normalized spacial score (nSPS) is 10.9. The number of fused-ring (bicyclic) bond motifs is 1. The molecule has 0 N–H and O–H groups in total. The molecule has 1 aromatic heterocycles. The number of benzene rings is 2. The molecule has 0 radical (unpaired) electrons. The number of carbonyl (C=O) groups excluding carboxylic acids is 1. The Balaban J connectivity index is 1.95. The maximum Gasteiger partial charge on any atom is 0.171 e. The lowest BCUT2D eigenvalue weighted by molar-refractivity contribution is 0.0992. The highest BCUT2D eigenvalue weighted by atomic mass is 79.9. The number of Topliss-reactive ketones (excluding diaryl/α,β-unsaturated/α-hetero) is 1. The number of carbonyl (C=O) groups is 1. The van der Waals surface area contributed by atoms with Crippen LogP contribution in [0.15, 0.2) is 57.6 Å². The van der Waals surface area contributed by atoms with Gasteiger partial charge in [-0.1, -0.05) is 34.1 Å². The van der Waals surface area contributed by atoms with E-state index in [4.69, 9.17) is 4.42 Å². The predicted molar refractivity (Wildman–Crippen MR) is 78.3 cm³/mol. The van der Waals surface area contributed by atoms with Crippen molar-refractivity contribution < 1.29 is 13.6 Å². The Morgan fingerprint density at radius 1 is 1.20 bits per heavy atom. The average molecular weight is 333 g/mol. The fourth-order valence-corrected chi connectivity index (χ4v) is 2.55. The highest BCUT2D eigenvalue weighted by Gasteiger charge is 2.15. The van der Waals surface area contributed by atoms with E-state index in [0.717, 1.165) is 9.86 Å². The molecule has 0 amide bonds. The average Bonchev–Trinajstić information content (AvgIpc) is 2.87. The fraction of sp³-hybridized carbons (Fsp3) is 0.0625. The van der Waals surface area contributed by atoms with Crippen molar-refractivity contribution in [2.24, 2.45) is 0 Å². The minimum Gasteiger partial charge on any atom is -0.464 e. The van der Waals surface area contributed by atoms with Gasteiger partial charge in [0.15, 0.2) is 5.78 Å². The summed E-state index contributed by atoms with van der Waals surface area (Å²) in [4.78, 5) is 12.3. The Kier molecular flexibility index (Phi) is 3.40. The lowest BCUT2D eigenvalue weighted by atomic mass is 10.0. The molecule has 0 saturated carbocycles. The number of hydrogen-bond acceptors (Lipinski definition) is 2. The third kappa shape index (κ3) is 2.39. The van der Waals surface area contributed by atoms with Crippen molar-refractivity contribution in [3.63, 3.8) is 0 Å². The standard InChI is InChI=1S/C16H10BrFO2/c17-11-5-6-14(18)10(7-11)8-15(19)13-9-20-16-4-2-1-3-12(13)16/h1-7,9H,8H2. The Hall–Kier alpha value is -1.94. The summed E-state index contributed by atoms with van der Waals surface area (Å²) >= 11 is 3.28. The number of para-hydroxylation sites is 1. The highest BCUT2D eigenvalue weighted by Crippen LogP contribution is 2.23. The molecule has 2 nitrogen and oxygen atoms in total. The van der Waals surface area contributed by atoms with Crippen molar-refractivity contribution >= 4 is 32.7 Å². The number of halogens is 2. The molecule has 3 aromatic rings. The van der Waals surface area contributed by atoms with Crippen LogP contribution in [0.1, 0.15) is 15.9 Å². The smallest absolute Gasteiger partial charge is 0.171 e. The van der Waals surface area contributed by atoms with Gasteiger partial charge in [0, 0.05) is 16.3 Å². The van der Waals surface area contributed by atoms with Gasteiger partial charge in [-0.05, 0) is 29.8 Å². The number of rotatable bonds is 3. The van der Waals surface area contributed by atoms with Crippen LogP contribution in [-0.4, -0.2) is 5.78 Å². The second kappa shape index (κ2) is 5.21. The maximum absolute atomic E-state index is 13.7. The summed E-state index contributed by atoms with van der Waals surface area (Å²) in [7, 11) is 0. The predicted octanol–water partition coefficient (Wildman–Crippen LogP) is 4.76. The molecule has 0 saturated heterocycles. The molecule has 100 valence electrons. The van der Waals surface area contributed by atoms with E-state index in [0.29, 0.717) is 16.7 Å². The van der Waals surface area contributed by atoms with E-state index in [1.165, 1.54) is 12.3 Å². The van der Waals surface area contributed by atoms with Gasteiger partial charge >= 0.3 is 0 Å². The molecular weight excluding hydrogens is 323 g/mol. The van der Waals surface area contributed by atoms with Crippen LogP contribution in [0.2, 0.25) is 0 Å². The summed E-state index contributed by atoms with van der Waals surface area (Å²) in [6.07, 6.45) is 1.44. The molecule has 0 spiro atoms. The molecule has 0 aliphatic heterocycles. The summed E-state index contributed by atoms with van der Waals surface area (Å²) in [6.45, 7) is 0. The molecule has 0 aliphatic rings. The molecule has 4 heteroatoms. The van der Waals surface area contributed by atoms with Gasteiger partial charge < -0.3 is 4.42 Å². The van der Waals surface area contributed by atoms with Gasteiger partial charge in [0.1, 0.15) is 17.7 Å². The molecular formula is C16H10BrFO2. The van der Waals surface area contributed by atoms with Crippen LogP contribution in [0.3, 0.4) is 0 Å². The largest absolute Gasteiger partial charge is 0.464 e. The zero-order chi connectivity index (χ0) is 14.1. The van der Waals surface area contributed by atoms with E-state index in [1.807, 2.05) is 18.2 Å². The van der Waals surface area contributed by atoms with E-state index < -0.39 is 0 Å². The zero-order valence-corrected chi connectivity index (χ0v) is 12.0. The Labute approximate surface area is 123 Å². The van der Waals surface area contributed by atoms with Gasteiger partial charge in [0.05, 0.1) is 5.56 Å². The van der Waals surface area contributed by atoms with Crippen LogP contribution in [0.4, 0.5) is 4.39 Å². The molecule has 20 heavy (non-hydrogen) atoms. The fourth-order valence-electron chi connectivity index (χ4n) is 2.14. The van der Waals surface area contributed by atoms with Gasteiger partial charge in [0.25, 0.3) is 0 Å². The maximum atomic E-state index is 13.7. The van der Waals surface area contributed by atoms with Gasteiger partial charge in [-0.25, -0.2) is 4.39 Å². The molecule has 0 unspecified atom stereocenters. The van der Waals surface area contributed by atoms with Crippen LogP contribution in [0.25, 0.3) is 11.0 Å². The third-order valence-corrected chi connectivity index (χ3v) is 3.63. The van der Waals surface area contributed by atoms with Crippen molar-refractivity contribution in [2.75, 3.05) is 0 Å². The van der Waals surface area contributed by atoms with E-state index >= 15 is 0 Å². The van der Waals surface area contributed by atoms with Crippen molar-refractivity contribution in [1.29, 1.82) is 0 Å². The van der Waals surface area contributed by atoms with Crippen molar-refractivity contribution in [3.8, 4) is 0 Å². The molecule has 2 aromatic carbocycles. The first-order chi connectivity index (χ1) is 9.65. The number of furan rings is 1. The Bertz CT molecular complexity index is 792. The number of ketones is 1. The summed E-state index contributed by atoms with van der Waals surface area (Å²) in [6, 6.07) is 11.9. The van der Waals surface area contributed by atoms with Crippen LogP contribution in [0, 0.1) is 5.82 Å². The highest BCUT2D eigenvalue weighted by molar-refractivity contribution is 9.10. The first kappa shape index (κ1) is 13.1. The van der Waals surface area contributed by atoms with Crippen molar-refractivity contribution in [2.45, 2.75) is 6.42 Å². The van der Waals surface area contributed by atoms with Crippen molar-refractivity contribution in [1.82, 2.24) is 0 Å². The number of hydrogen-bond donors (Lipinski definition) is 0. The second-order valence-corrected chi connectivity index (χ2v) is 5.40. The van der Waals surface area contributed by atoms with E-state index in [-0.39, 0.29) is 18.0 Å². The molecule has 3 rings (SSSR count). The molecule has 0 fully saturated rings. The van der Waals surface area contributed by atoms with Gasteiger partial charge in [-0.3, -0.25) is 4.79 Å². The Morgan fingerprint density at radius 2 is 2.00 bits per heavy atom.